The summed E-state index contributed by atoms with van der Waals surface area (Å²) in [5.74, 6) is 1.06. The fourth-order valence-corrected chi connectivity index (χ4v) is 4.34. The van der Waals surface area contributed by atoms with Crippen LogP contribution in [-0.4, -0.2) is 33.0 Å². The van der Waals surface area contributed by atoms with Crippen molar-refractivity contribution < 1.29 is 4.79 Å². The molecule has 1 saturated heterocycles. The number of aliphatic imine (C=N–C) groups is 1. The number of hydrogen-bond donors (Lipinski definition) is 1. The molecule has 1 fully saturated rings. The lowest BCUT2D eigenvalue weighted by Gasteiger charge is -2.23. The third-order valence-corrected chi connectivity index (χ3v) is 5.84. The highest BCUT2D eigenvalue weighted by atomic mass is 16.2. The van der Waals surface area contributed by atoms with E-state index in [1.165, 1.54) is 11.1 Å². The van der Waals surface area contributed by atoms with Crippen LogP contribution < -0.4 is 0 Å². The highest BCUT2D eigenvalue weighted by Gasteiger charge is 2.32. The van der Waals surface area contributed by atoms with Gasteiger partial charge in [-0.2, -0.15) is 0 Å². The predicted molar refractivity (Wildman–Crippen MR) is 116 cm³/mol. The molecule has 2 aliphatic rings. The topological polar surface area (TPSA) is 61.4 Å². The Kier molecular flexibility index (Phi) is 4.51. The molecular weight excluding hydrogens is 360 g/mol. The fraction of sp³-hybridized carbons (Fsp3) is 0.292. The highest BCUT2D eigenvalue weighted by Crippen LogP contribution is 2.33. The van der Waals surface area contributed by atoms with E-state index in [1.807, 2.05) is 41.4 Å². The Morgan fingerprint density at radius 2 is 2.07 bits per heavy atom. The molecule has 0 spiro atoms. The number of aromatic nitrogens is 2. The number of amides is 1. The van der Waals surface area contributed by atoms with Crippen LogP contribution in [0.3, 0.4) is 0 Å². The average Bonchev–Trinajstić information content (AvgIpc) is 3.46. The first-order chi connectivity index (χ1) is 14.2. The Hall–Kier alpha value is -3.21. The number of fused-ring (bicyclic) bond motifs is 1. The van der Waals surface area contributed by atoms with Crippen LogP contribution in [0.25, 0.3) is 16.6 Å². The Balaban J connectivity index is 1.38. The number of carbonyl (C=O) groups is 1. The molecular formula is C24H24N4O. The summed E-state index contributed by atoms with van der Waals surface area (Å²) < 4.78 is 0. The van der Waals surface area contributed by atoms with Crippen molar-refractivity contribution in [3.05, 3.63) is 71.7 Å². The normalized spacial score (nSPS) is 18.9. The van der Waals surface area contributed by atoms with E-state index in [0.29, 0.717) is 6.42 Å². The van der Waals surface area contributed by atoms with Gasteiger partial charge >= 0.3 is 0 Å². The van der Waals surface area contributed by atoms with Crippen LogP contribution in [-0.2, 0) is 11.2 Å². The number of rotatable bonds is 4. The van der Waals surface area contributed by atoms with Crippen molar-refractivity contribution in [2.75, 3.05) is 6.54 Å². The third-order valence-electron chi connectivity index (χ3n) is 5.84. The standard InChI is InChI=1S/C24H24N4O/c1-16-12-19(15-25-16)18-9-10-20-21(14-18)27-24(26-20)22-8-5-11-28(22)23(29)13-17-6-3-2-4-7-17/h2-4,6-7,9-10,14-15,22H,5,8,11-13H2,1H3,(H,26,27)/t22-/m0/s1. The maximum Gasteiger partial charge on any atom is 0.227 e. The molecule has 29 heavy (non-hydrogen) atoms. The van der Waals surface area contributed by atoms with E-state index < -0.39 is 0 Å². The molecule has 0 saturated carbocycles. The van der Waals surface area contributed by atoms with Gasteiger partial charge in [0.2, 0.25) is 5.91 Å². The number of aromatic amines is 1. The summed E-state index contributed by atoms with van der Waals surface area (Å²) in [6, 6.07) is 16.3. The Morgan fingerprint density at radius 1 is 1.21 bits per heavy atom. The summed E-state index contributed by atoms with van der Waals surface area (Å²) in [5, 5.41) is 0. The van der Waals surface area contributed by atoms with Gasteiger partial charge in [-0.05, 0) is 48.6 Å². The molecule has 1 N–H and O–H groups in total. The van der Waals surface area contributed by atoms with Crippen LogP contribution in [0.4, 0.5) is 0 Å². The van der Waals surface area contributed by atoms with Crippen molar-refractivity contribution >= 4 is 28.2 Å². The molecule has 0 bridgehead atoms. The molecule has 5 heteroatoms. The first-order valence-electron chi connectivity index (χ1n) is 10.2. The van der Waals surface area contributed by atoms with E-state index in [4.69, 9.17) is 4.98 Å². The van der Waals surface area contributed by atoms with Gasteiger partial charge in [0, 0.05) is 24.9 Å². The zero-order valence-electron chi connectivity index (χ0n) is 16.6. The maximum atomic E-state index is 12.9. The van der Waals surface area contributed by atoms with Crippen molar-refractivity contribution in [3.8, 4) is 0 Å². The first kappa shape index (κ1) is 17.9. The predicted octanol–water partition coefficient (Wildman–Crippen LogP) is 4.67. The monoisotopic (exact) mass is 384 g/mol. The van der Waals surface area contributed by atoms with E-state index in [2.05, 4.69) is 35.1 Å². The van der Waals surface area contributed by atoms with Crippen LogP contribution in [0, 0.1) is 0 Å². The number of H-pyrrole nitrogens is 1. The Morgan fingerprint density at radius 3 is 2.86 bits per heavy atom. The van der Waals surface area contributed by atoms with E-state index in [1.54, 1.807) is 0 Å². The van der Waals surface area contributed by atoms with Gasteiger partial charge in [-0.25, -0.2) is 4.98 Å². The van der Waals surface area contributed by atoms with Crippen molar-refractivity contribution in [3.63, 3.8) is 0 Å². The number of imidazole rings is 1. The van der Waals surface area contributed by atoms with Gasteiger partial charge in [0.05, 0.1) is 23.5 Å². The molecule has 146 valence electrons. The largest absolute Gasteiger partial charge is 0.340 e. The molecule has 0 radical (unpaired) electrons. The van der Waals surface area contributed by atoms with Crippen molar-refractivity contribution in [2.45, 2.75) is 38.6 Å². The van der Waals surface area contributed by atoms with Gasteiger partial charge < -0.3 is 9.88 Å². The second-order valence-corrected chi connectivity index (χ2v) is 7.96. The van der Waals surface area contributed by atoms with Gasteiger partial charge in [0.1, 0.15) is 5.82 Å². The quantitative estimate of drug-likeness (QED) is 0.710. The minimum Gasteiger partial charge on any atom is -0.340 e. The van der Waals surface area contributed by atoms with Crippen LogP contribution in [0.5, 0.6) is 0 Å². The molecule has 5 nitrogen and oxygen atoms in total. The summed E-state index contributed by atoms with van der Waals surface area (Å²) >= 11 is 0. The minimum atomic E-state index is 0.0262. The van der Waals surface area contributed by atoms with Crippen molar-refractivity contribution in [1.29, 1.82) is 0 Å². The van der Waals surface area contributed by atoms with Crippen LogP contribution in [0.15, 0.2) is 59.7 Å². The summed E-state index contributed by atoms with van der Waals surface area (Å²) in [5.41, 5.74) is 6.58. The Labute approximate surface area is 170 Å². The van der Waals surface area contributed by atoms with Gasteiger partial charge in [0.25, 0.3) is 0 Å². The smallest absolute Gasteiger partial charge is 0.227 e. The summed E-state index contributed by atoms with van der Waals surface area (Å²) in [6.45, 7) is 2.85. The summed E-state index contributed by atoms with van der Waals surface area (Å²) in [7, 11) is 0. The molecule has 2 aromatic carbocycles. The van der Waals surface area contributed by atoms with Gasteiger partial charge in [-0.3, -0.25) is 9.79 Å². The van der Waals surface area contributed by atoms with Crippen LogP contribution >= 0.6 is 0 Å². The summed E-state index contributed by atoms with van der Waals surface area (Å²) in [6.07, 6.45) is 5.25. The number of carbonyl (C=O) groups excluding carboxylic acids is 1. The highest BCUT2D eigenvalue weighted by molar-refractivity contribution is 5.97. The molecule has 3 aromatic rings. The third kappa shape index (κ3) is 3.48. The molecule has 1 atom stereocenters. The van der Waals surface area contributed by atoms with E-state index in [9.17, 15) is 4.79 Å². The molecule has 0 aliphatic carbocycles. The van der Waals surface area contributed by atoms with Crippen molar-refractivity contribution in [2.24, 2.45) is 4.99 Å². The van der Waals surface area contributed by atoms with Crippen LogP contribution in [0.1, 0.15) is 49.2 Å². The maximum absolute atomic E-state index is 12.9. The van der Waals surface area contributed by atoms with E-state index >= 15 is 0 Å². The number of allylic oxidation sites excluding steroid dienone is 1. The van der Waals surface area contributed by atoms with E-state index in [-0.39, 0.29) is 11.9 Å². The number of nitrogens with one attached hydrogen (secondary N) is 1. The lowest BCUT2D eigenvalue weighted by Crippen LogP contribution is -2.32. The molecule has 3 heterocycles. The first-order valence-corrected chi connectivity index (χ1v) is 10.2. The zero-order chi connectivity index (χ0) is 19.8. The molecule has 2 aliphatic heterocycles. The van der Waals surface area contributed by atoms with Crippen molar-refractivity contribution in [1.82, 2.24) is 14.9 Å². The number of hydrogen-bond acceptors (Lipinski definition) is 3. The van der Waals surface area contributed by atoms with Crippen LogP contribution in [0.2, 0.25) is 0 Å². The lowest BCUT2D eigenvalue weighted by molar-refractivity contribution is -0.131. The van der Waals surface area contributed by atoms with E-state index in [0.717, 1.165) is 53.9 Å². The molecule has 1 aromatic heterocycles. The molecule has 5 rings (SSSR count). The number of likely N-dealkylation sites (tertiary alicyclic amines) is 1. The lowest BCUT2D eigenvalue weighted by atomic mass is 10.0. The second kappa shape index (κ2) is 7.32. The molecule has 0 unspecified atom stereocenters. The fourth-order valence-electron chi connectivity index (χ4n) is 4.34. The SMILES string of the molecule is CC1=NC=C(c2ccc3nc([C@@H]4CCCN4C(=O)Cc4ccccc4)[nH]c3c2)C1. The molecule has 1 amide bonds. The van der Waals surface area contributed by atoms with Gasteiger partial charge in [-0.1, -0.05) is 36.4 Å². The number of benzene rings is 2. The van der Waals surface area contributed by atoms with Gasteiger partial charge in [0.15, 0.2) is 0 Å². The number of nitrogens with zero attached hydrogens (tertiary/aromatic N) is 3. The average molecular weight is 384 g/mol. The second-order valence-electron chi connectivity index (χ2n) is 7.96. The van der Waals surface area contributed by atoms with Gasteiger partial charge in [-0.15, -0.1) is 0 Å². The Bertz CT molecular complexity index is 1130. The minimum absolute atomic E-state index is 0.0262. The zero-order valence-corrected chi connectivity index (χ0v) is 16.6. The summed E-state index contributed by atoms with van der Waals surface area (Å²) in [4.78, 5) is 27.6.